The number of nitrogens with zero attached hydrogens (tertiary/aromatic N) is 2. The Bertz CT molecular complexity index is 453. The molecule has 100 valence electrons. The van der Waals surface area contributed by atoms with Crippen LogP contribution < -0.4 is 10.6 Å². The summed E-state index contributed by atoms with van der Waals surface area (Å²) in [4.78, 5) is 27.5. The molecule has 1 aromatic heterocycles. The van der Waals surface area contributed by atoms with E-state index in [2.05, 4.69) is 15.6 Å². The smallest absolute Gasteiger partial charge is 0.326 e. The average Bonchev–Trinajstić information content (AvgIpc) is 2.65. The number of imidazole rings is 1. The Hall–Kier alpha value is -2.05. The first kappa shape index (κ1) is 14.0. The summed E-state index contributed by atoms with van der Waals surface area (Å²) < 4.78 is 6.40. The Labute approximate surface area is 106 Å². The van der Waals surface area contributed by atoms with Gasteiger partial charge < -0.3 is 19.9 Å². The lowest BCUT2D eigenvalue weighted by atomic mass is 10.3. The number of ether oxygens (including phenoxy) is 1. The molecule has 0 radical (unpaired) electrons. The van der Waals surface area contributed by atoms with Gasteiger partial charge in [0.05, 0.1) is 6.61 Å². The molecule has 0 atom stereocenters. The van der Waals surface area contributed by atoms with Gasteiger partial charge in [-0.1, -0.05) is 0 Å². The number of hydrogen-bond donors (Lipinski definition) is 2. The zero-order valence-electron chi connectivity index (χ0n) is 11.0. The predicted octanol–water partition coefficient (Wildman–Crippen LogP) is 0.156. The lowest BCUT2D eigenvalue weighted by molar-refractivity contribution is -0.143. The summed E-state index contributed by atoms with van der Waals surface area (Å²) in [6.45, 7) is 3.74. The van der Waals surface area contributed by atoms with E-state index >= 15 is 0 Å². The molecule has 0 aliphatic rings. The number of nitrogens with one attached hydrogen (secondary N) is 2. The first-order valence-corrected chi connectivity index (χ1v) is 5.67. The summed E-state index contributed by atoms with van der Waals surface area (Å²) in [6, 6.07) is 0. The Balaban J connectivity index is 3.12. The average molecular weight is 254 g/mol. The van der Waals surface area contributed by atoms with Crippen molar-refractivity contribution in [3.63, 3.8) is 0 Å². The quantitative estimate of drug-likeness (QED) is 0.731. The van der Waals surface area contributed by atoms with Crippen molar-refractivity contribution in [1.29, 1.82) is 0 Å². The maximum absolute atomic E-state index is 11.8. The molecule has 0 fully saturated rings. The zero-order valence-corrected chi connectivity index (χ0v) is 11.0. The molecule has 1 amide bonds. The standard InChI is InChI=1S/C11H18N4O3/c1-5-18-8(16)6-15-7(2)14-10(12-3)9(15)11(17)13-4/h12H,5-6H2,1-4H3,(H,13,17). The molecule has 1 heterocycles. The molecule has 7 nitrogen and oxygen atoms in total. The molecular formula is C11H18N4O3. The Morgan fingerprint density at radius 1 is 1.39 bits per heavy atom. The van der Waals surface area contributed by atoms with Gasteiger partial charge in [0.1, 0.15) is 12.4 Å². The van der Waals surface area contributed by atoms with Gasteiger partial charge in [-0.05, 0) is 13.8 Å². The van der Waals surface area contributed by atoms with Gasteiger partial charge in [0, 0.05) is 14.1 Å². The van der Waals surface area contributed by atoms with Gasteiger partial charge in [-0.25, -0.2) is 4.98 Å². The summed E-state index contributed by atoms with van der Waals surface area (Å²) in [7, 11) is 3.20. The van der Waals surface area contributed by atoms with E-state index in [4.69, 9.17) is 4.74 Å². The van der Waals surface area contributed by atoms with Gasteiger partial charge in [-0.15, -0.1) is 0 Å². The monoisotopic (exact) mass is 254 g/mol. The van der Waals surface area contributed by atoms with E-state index in [0.717, 1.165) is 0 Å². The lowest BCUT2D eigenvalue weighted by Crippen LogP contribution is -2.25. The van der Waals surface area contributed by atoms with Crippen molar-refractivity contribution in [3.05, 3.63) is 11.5 Å². The van der Waals surface area contributed by atoms with Crippen LogP contribution in [0.3, 0.4) is 0 Å². The number of aromatic nitrogens is 2. The minimum absolute atomic E-state index is 0.0306. The molecular weight excluding hydrogens is 236 g/mol. The van der Waals surface area contributed by atoms with Crippen molar-refractivity contribution in [2.45, 2.75) is 20.4 Å². The third kappa shape index (κ3) is 2.79. The number of esters is 1. The van der Waals surface area contributed by atoms with Gasteiger partial charge in [-0.2, -0.15) is 0 Å². The Kier molecular flexibility index (Phi) is 4.70. The Morgan fingerprint density at radius 2 is 2.06 bits per heavy atom. The molecule has 0 aliphatic carbocycles. The van der Waals surface area contributed by atoms with Crippen molar-refractivity contribution >= 4 is 17.7 Å². The van der Waals surface area contributed by atoms with Crippen LogP contribution in [0.4, 0.5) is 5.82 Å². The van der Waals surface area contributed by atoms with E-state index in [1.807, 2.05) is 0 Å². The lowest BCUT2D eigenvalue weighted by Gasteiger charge is -2.09. The number of carbonyl (C=O) groups excluding carboxylic acids is 2. The minimum Gasteiger partial charge on any atom is -0.465 e. The second-order valence-corrected chi connectivity index (χ2v) is 3.58. The molecule has 0 saturated carbocycles. The molecule has 1 aromatic rings. The van der Waals surface area contributed by atoms with Crippen molar-refractivity contribution in [2.24, 2.45) is 0 Å². The molecule has 0 aromatic carbocycles. The van der Waals surface area contributed by atoms with Gasteiger partial charge in [0.15, 0.2) is 11.5 Å². The van der Waals surface area contributed by atoms with Crippen molar-refractivity contribution in [3.8, 4) is 0 Å². The van der Waals surface area contributed by atoms with Gasteiger partial charge >= 0.3 is 5.97 Å². The second-order valence-electron chi connectivity index (χ2n) is 3.58. The predicted molar refractivity (Wildman–Crippen MR) is 66.5 cm³/mol. The van der Waals surface area contributed by atoms with Crippen molar-refractivity contribution < 1.29 is 14.3 Å². The number of carbonyl (C=O) groups is 2. The largest absolute Gasteiger partial charge is 0.465 e. The summed E-state index contributed by atoms with van der Waals surface area (Å²) in [5.41, 5.74) is 0.325. The third-order valence-corrected chi connectivity index (χ3v) is 2.43. The highest BCUT2D eigenvalue weighted by atomic mass is 16.5. The third-order valence-electron chi connectivity index (χ3n) is 2.43. The minimum atomic E-state index is -0.397. The molecule has 2 N–H and O–H groups in total. The molecule has 0 bridgehead atoms. The fraction of sp³-hybridized carbons (Fsp3) is 0.545. The van der Waals surface area contributed by atoms with Crippen LogP contribution in [0.25, 0.3) is 0 Å². The van der Waals surface area contributed by atoms with Crippen LogP contribution in [0.1, 0.15) is 23.2 Å². The molecule has 7 heteroatoms. The molecule has 0 aliphatic heterocycles. The molecule has 18 heavy (non-hydrogen) atoms. The van der Waals surface area contributed by atoms with Crippen LogP contribution in [-0.2, 0) is 16.1 Å². The van der Waals surface area contributed by atoms with E-state index < -0.39 is 5.97 Å². The first-order chi connectivity index (χ1) is 8.54. The summed E-state index contributed by atoms with van der Waals surface area (Å²) in [6.07, 6.45) is 0. The molecule has 0 saturated heterocycles. The van der Waals surface area contributed by atoms with Crippen LogP contribution in [0, 0.1) is 6.92 Å². The maximum atomic E-state index is 11.8. The van der Waals surface area contributed by atoms with Gasteiger partial charge in [-0.3, -0.25) is 9.59 Å². The van der Waals surface area contributed by atoms with Crippen LogP contribution in [0.2, 0.25) is 0 Å². The molecule has 1 rings (SSSR count). The summed E-state index contributed by atoms with van der Waals surface area (Å²) in [5.74, 6) is 0.317. The topological polar surface area (TPSA) is 85.2 Å². The number of hydrogen-bond acceptors (Lipinski definition) is 5. The van der Waals surface area contributed by atoms with E-state index in [1.54, 1.807) is 20.9 Å². The van der Waals surface area contributed by atoms with E-state index in [0.29, 0.717) is 23.9 Å². The summed E-state index contributed by atoms with van der Waals surface area (Å²) in [5, 5.41) is 5.36. The molecule has 0 unspecified atom stereocenters. The van der Waals surface area contributed by atoms with Gasteiger partial charge in [0.2, 0.25) is 0 Å². The highest BCUT2D eigenvalue weighted by molar-refractivity contribution is 5.97. The highest BCUT2D eigenvalue weighted by Crippen LogP contribution is 2.16. The number of amides is 1. The summed E-state index contributed by atoms with van der Waals surface area (Å²) >= 11 is 0. The normalized spacial score (nSPS) is 10.0. The van der Waals surface area contributed by atoms with Crippen LogP contribution in [0.5, 0.6) is 0 Å². The van der Waals surface area contributed by atoms with Crippen LogP contribution >= 0.6 is 0 Å². The van der Waals surface area contributed by atoms with E-state index in [9.17, 15) is 9.59 Å². The number of aryl methyl sites for hydroxylation is 1. The van der Waals surface area contributed by atoms with Gasteiger partial charge in [0.25, 0.3) is 5.91 Å². The first-order valence-electron chi connectivity index (χ1n) is 5.67. The number of anilines is 1. The number of rotatable bonds is 5. The maximum Gasteiger partial charge on any atom is 0.326 e. The Morgan fingerprint density at radius 3 is 2.56 bits per heavy atom. The van der Waals surface area contributed by atoms with E-state index in [-0.39, 0.29) is 12.5 Å². The zero-order chi connectivity index (χ0) is 13.7. The molecule has 0 spiro atoms. The van der Waals surface area contributed by atoms with E-state index in [1.165, 1.54) is 11.6 Å². The second kappa shape index (κ2) is 6.04. The highest BCUT2D eigenvalue weighted by Gasteiger charge is 2.21. The van der Waals surface area contributed by atoms with Crippen LogP contribution in [0.15, 0.2) is 0 Å². The van der Waals surface area contributed by atoms with Crippen LogP contribution in [-0.4, -0.2) is 42.1 Å². The van der Waals surface area contributed by atoms with Crippen molar-refractivity contribution in [1.82, 2.24) is 14.9 Å². The SMILES string of the molecule is CCOC(=O)Cn1c(C)nc(NC)c1C(=O)NC. The fourth-order valence-corrected chi connectivity index (χ4v) is 1.62. The van der Waals surface area contributed by atoms with Crippen molar-refractivity contribution in [2.75, 3.05) is 26.0 Å². The fourth-order valence-electron chi connectivity index (χ4n) is 1.62.